The van der Waals surface area contributed by atoms with E-state index >= 15 is 0 Å². The predicted molar refractivity (Wildman–Crippen MR) is 112 cm³/mol. The van der Waals surface area contributed by atoms with E-state index in [1.165, 1.54) is 4.90 Å². The summed E-state index contributed by atoms with van der Waals surface area (Å²) in [6.45, 7) is 2.03. The second-order valence-corrected chi connectivity index (χ2v) is 6.25. The molecule has 0 aromatic heterocycles. The summed E-state index contributed by atoms with van der Waals surface area (Å²) in [4.78, 5) is 19.7. The summed E-state index contributed by atoms with van der Waals surface area (Å²) in [5, 5.41) is 3.22. The summed E-state index contributed by atoms with van der Waals surface area (Å²) in [6, 6.07) is 8.12. The summed E-state index contributed by atoms with van der Waals surface area (Å²) >= 11 is 3.43. The first-order valence-corrected chi connectivity index (χ1v) is 8.16. The SMILES string of the molecule is COCCNC(=NCC(=O)N(C)C)N(C)Cc1ccc(Br)cc1.I. The highest BCUT2D eigenvalue weighted by Gasteiger charge is 2.09. The molecule has 1 amide bonds. The third-order valence-corrected chi connectivity index (χ3v) is 3.68. The Balaban J connectivity index is 0.00000529. The van der Waals surface area contributed by atoms with Crippen molar-refractivity contribution >= 4 is 51.8 Å². The third kappa shape index (κ3) is 8.84. The van der Waals surface area contributed by atoms with E-state index in [1.54, 1.807) is 21.2 Å². The van der Waals surface area contributed by atoms with Crippen molar-refractivity contribution in [2.24, 2.45) is 4.99 Å². The van der Waals surface area contributed by atoms with Crippen LogP contribution in [-0.2, 0) is 16.1 Å². The Labute approximate surface area is 169 Å². The van der Waals surface area contributed by atoms with Crippen LogP contribution < -0.4 is 5.32 Å². The lowest BCUT2D eigenvalue weighted by atomic mass is 10.2. The summed E-state index contributed by atoms with van der Waals surface area (Å²) in [6.07, 6.45) is 0. The molecular formula is C16H26BrIN4O2. The highest BCUT2D eigenvalue weighted by molar-refractivity contribution is 14.0. The summed E-state index contributed by atoms with van der Waals surface area (Å²) in [5.41, 5.74) is 1.16. The molecule has 0 fully saturated rings. The minimum absolute atomic E-state index is 0. The second kappa shape index (κ2) is 12.5. The zero-order valence-corrected chi connectivity index (χ0v) is 18.5. The first kappa shape index (κ1) is 23.1. The quantitative estimate of drug-likeness (QED) is 0.263. The van der Waals surface area contributed by atoms with Gasteiger partial charge in [-0.3, -0.25) is 4.79 Å². The van der Waals surface area contributed by atoms with E-state index in [0.29, 0.717) is 25.7 Å². The Morgan fingerprint density at radius 2 is 1.88 bits per heavy atom. The van der Waals surface area contributed by atoms with Gasteiger partial charge >= 0.3 is 0 Å². The van der Waals surface area contributed by atoms with Crippen LogP contribution in [0.2, 0.25) is 0 Å². The highest BCUT2D eigenvalue weighted by Crippen LogP contribution is 2.11. The molecule has 136 valence electrons. The van der Waals surface area contributed by atoms with Crippen LogP contribution in [0.25, 0.3) is 0 Å². The van der Waals surface area contributed by atoms with Crippen LogP contribution in [0.1, 0.15) is 5.56 Å². The van der Waals surface area contributed by atoms with Gasteiger partial charge in [0.2, 0.25) is 5.91 Å². The molecule has 6 nitrogen and oxygen atoms in total. The van der Waals surface area contributed by atoms with Gasteiger partial charge in [-0.05, 0) is 17.7 Å². The van der Waals surface area contributed by atoms with Gasteiger partial charge in [-0.15, -0.1) is 24.0 Å². The molecular weight excluding hydrogens is 487 g/mol. The van der Waals surface area contributed by atoms with Crippen LogP contribution in [0.4, 0.5) is 0 Å². The van der Waals surface area contributed by atoms with Gasteiger partial charge in [0.1, 0.15) is 6.54 Å². The summed E-state index contributed by atoms with van der Waals surface area (Å²) in [7, 11) is 7.04. The van der Waals surface area contributed by atoms with Crippen LogP contribution >= 0.6 is 39.9 Å². The van der Waals surface area contributed by atoms with Crippen LogP contribution in [-0.4, -0.2) is 69.6 Å². The van der Waals surface area contributed by atoms with Gasteiger partial charge in [0.25, 0.3) is 0 Å². The molecule has 1 aromatic rings. The number of ether oxygens (including phenoxy) is 1. The van der Waals surface area contributed by atoms with E-state index < -0.39 is 0 Å². The Kier molecular flexibility index (Phi) is 12.0. The Morgan fingerprint density at radius 1 is 1.25 bits per heavy atom. The molecule has 0 heterocycles. The lowest BCUT2D eigenvalue weighted by molar-refractivity contribution is -0.127. The Bertz CT molecular complexity index is 523. The minimum atomic E-state index is -0.0342. The van der Waals surface area contributed by atoms with Crippen LogP contribution in [0, 0.1) is 0 Å². The van der Waals surface area contributed by atoms with Crippen molar-refractivity contribution in [3.63, 3.8) is 0 Å². The molecule has 0 radical (unpaired) electrons. The summed E-state index contributed by atoms with van der Waals surface area (Å²) < 4.78 is 6.10. The number of carbonyl (C=O) groups excluding carboxylic acids is 1. The monoisotopic (exact) mass is 512 g/mol. The number of hydrogen-bond acceptors (Lipinski definition) is 3. The highest BCUT2D eigenvalue weighted by atomic mass is 127. The Hall–Kier alpha value is -0.870. The lowest BCUT2D eigenvalue weighted by Crippen LogP contribution is -2.40. The third-order valence-electron chi connectivity index (χ3n) is 3.15. The number of methoxy groups -OCH3 is 1. The molecule has 8 heteroatoms. The number of guanidine groups is 1. The number of carbonyl (C=O) groups is 1. The number of aliphatic imine (C=N–C) groups is 1. The fourth-order valence-corrected chi connectivity index (χ4v) is 2.06. The van der Waals surface area contributed by atoms with E-state index in [1.807, 2.05) is 24.1 Å². The first-order valence-electron chi connectivity index (χ1n) is 7.37. The molecule has 1 rings (SSSR count). The van der Waals surface area contributed by atoms with Gasteiger partial charge < -0.3 is 19.9 Å². The zero-order chi connectivity index (χ0) is 17.2. The molecule has 0 aliphatic carbocycles. The maximum atomic E-state index is 11.7. The molecule has 0 spiro atoms. The van der Waals surface area contributed by atoms with Gasteiger partial charge in [-0.1, -0.05) is 28.1 Å². The first-order chi connectivity index (χ1) is 10.9. The van der Waals surface area contributed by atoms with Gasteiger partial charge in [-0.25, -0.2) is 4.99 Å². The number of nitrogens with zero attached hydrogens (tertiary/aromatic N) is 3. The Morgan fingerprint density at radius 3 is 2.42 bits per heavy atom. The van der Waals surface area contributed by atoms with Gasteiger partial charge in [-0.2, -0.15) is 0 Å². The van der Waals surface area contributed by atoms with Crippen molar-refractivity contribution in [2.75, 3.05) is 47.9 Å². The maximum absolute atomic E-state index is 11.7. The van der Waals surface area contributed by atoms with Gasteiger partial charge in [0.05, 0.1) is 6.61 Å². The smallest absolute Gasteiger partial charge is 0.243 e. The van der Waals surface area contributed by atoms with Crippen LogP contribution in [0.3, 0.4) is 0 Å². The number of hydrogen-bond donors (Lipinski definition) is 1. The van der Waals surface area contributed by atoms with Crippen LogP contribution in [0.15, 0.2) is 33.7 Å². The molecule has 0 aliphatic heterocycles. The molecule has 0 saturated carbocycles. The van der Waals surface area contributed by atoms with E-state index in [9.17, 15) is 4.79 Å². The van der Waals surface area contributed by atoms with Crippen molar-refractivity contribution in [1.29, 1.82) is 0 Å². The number of amides is 1. The van der Waals surface area contributed by atoms with Gasteiger partial charge in [0.15, 0.2) is 5.96 Å². The van der Waals surface area contributed by atoms with Crippen molar-refractivity contribution in [3.8, 4) is 0 Å². The molecule has 0 unspecified atom stereocenters. The molecule has 0 aliphatic rings. The average Bonchev–Trinajstić information content (AvgIpc) is 2.52. The van der Waals surface area contributed by atoms with Crippen molar-refractivity contribution in [2.45, 2.75) is 6.54 Å². The van der Waals surface area contributed by atoms with E-state index in [-0.39, 0.29) is 36.4 Å². The topological polar surface area (TPSA) is 57.2 Å². The zero-order valence-electron chi connectivity index (χ0n) is 14.6. The number of benzene rings is 1. The number of likely N-dealkylation sites (N-methyl/N-ethyl adjacent to an activating group) is 1. The number of nitrogens with one attached hydrogen (secondary N) is 1. The molecule has 24 heavy (non-hydrogen) atoms. The molecule has 1 aromatic carbocycles. The van der Waals surface area contributed by atoms with Crippen molar-refractivity contribution < 1.29 is 9.53 Å². The maximum Gasteiger partial charge on any atom is 0.243 e. The second-order valence-electron chi connectivity index (χ2n) is 5.33. The number of rotatable bonds is 7. The average molecular weight is 513 g/mol. The molecule has 0 saturated heterocycles. The van der Waals surface area contributed by atoms with Crippen molar-refractivity contribution in [3.05, 3.63) is 34.3 Å². The van der Waals surface area contributed by atoms with E-state index in [4.69, 9.17) is 4.74 Å². The van der Waals surface area contributed by atoms with Gasteiger partial charge in [0, 0.05) is 45.8 Å². The largest absolute Gasteiger partial charge is 0.383 e. The molecule has 1 N–H and O–H groups in total. The fraction of sp³-hybridized carbons (Fsp3) is 0.500. The fourth-order valence-electron chi connectivity index (χ4n) is 1.80. The lowest BCUT2D eigenvalue weighted by Gasteiger charge is -2.23. The predicted octanol–water partition coefficient (Wildman–Crippen LogP) is 2.18. The molecule has 0 atom stereocenters. The van der Waals surface area contributed by atoms with E-state index in [0.717, 1.165) is 10.0 Å². The molecule has 0 bridgehead atoms. The normalized spacial score (nSPS) is 10.8. The van der Waals surface area contributed by atoms with Crippen molar-refractivity contribution in [1.82, 2.24) is 15.1 Å². The number of halogens is 2. The van der Waals surface area contributed by atoms with Crippen LogP contribution in [0.5, 0.6) is 0 Å². The van der Waals surface area contributed by atoms with E-state index in [2.05, 4.69) is 38.4 Å². The minimum Gasteiger partial charge on any atom is -0.383 e. The summed E-state index contributed by atoms with van der Waals surface area (Å²) in [5.74, 6) is 0.647. The standard InChI is InChI=1S/C16H25BrN4O2.HI/c1-20(2)15(22)11-19-16(18-9-10-23-4)21(3)12-13-5-7-14(17)8-6-13;/h5-8H,9-12H2,1-4H3,(H,18,19);1H.